The molecule has 1 atom stereocenters. The number of piperazine rings is 1. The molecule has 1 amide bonds. The summed E-state index contributed by atoms with van der Waals surface area (Å²) >= 11 is -0.882. The van der Waals surface area contributed by atoms with Crippen molar-refractivity contribution >= 4 is 23.0 Å². The van der Waals surface area contributed by atoms with Gasteiger partial charge in [0, 0.05) is 30.9 Å². The lowest BCUT2D eigenvalue weighted by Crippen LogP contribution is -2.46. The first kappa shape index (κ1) is 14.1. The minimum Gasteiger partial charge on any atom is -0.323 e. The van der Waals surface area contributed by atoms with Gasteiger partial charge in [-0.2, -0.15) is 4.55 Å². The molecular formula is C13H18N3O2S+. The van der Waals surface area contributed by atoms with Crippen LogP contribution in [0.5, 0.6) is 0 Å². The van der Waals surface area contributed by atoms with Crippen LogP contribution in [-0.4, -0.2) is 40.9 Å². The summed E-state index contributed by atoms with van der Waals surface area (Å²) in [5, 5.41) is 5.93. The van der Waals surface area contributed by atoms with Crippen LogP contribution in [-0.2, 0) is 16.2 Å². The highest BCUT2D eigenvalue weighted by Crippen LogP contribution is 2.18. The number of benzene rings is 1. The summed E-state index contributed by atoms with van der Waals surface area (Å²) in [6, 6.07) is 7.25. The van der Waals surface area contributed by atoms with Crippen molar-refractivity contribution in [3.05, 3.63) is 36.9 Å². The van der Waals surface area contributed by atoms with E-state index in [1.165, 1.54) is 6.08 Å². The van der Waals surface area contributed by atoms with Crippen molar-refractivity contribution in [2.45, 2.75) is 4.90 Å². The molecule has 1 aliphatic rings. The summed E-state index contributed by atoms with van der Waals surface area (Å²) in [7, 11) is 0. The summed E-state index contributed by atoms with van der Waals surface area (Å²) in [6.07, 6.45) is 1.23. The van der Waals surface area contributed by atoms with E-state index in [4.69, 9.17) is 0 Å². The van der Waals surface area contributed by atoms with E-state index in [2.05, 4.69) is 17.2 Å². The number of carbonyl (C=O) groups excluding carboxylic acids is 1. The molecule has 1 fully saturated rings. The highest BCUT2D eigenvalue weighted by atomic mass is 32.2. The lowest BCUT2D eigenvalue weighted by atomic mass is 10.3. The lowest BCUT2D eigenvalue weighted by molar-refractivity contribution is -0.111. The van der Waals surface area contributed by atoms with Crippen LogP contribution in [0.1, 0.15) is 0 Å². The number of nitrogens with one attached hydrogen (secondary N) is 2. The van der Waals surface area contributed by atoms with Gasteiger partial charge in [0.2, 0.25) is 10.8 Å². The molecule has 0 aromatic heterocycles. The summed E-state index contributed by atoms with van der Waals surface area (Å²) in [5.41, 5.74) is 0.700. The average molecular weight is 280 g/mol. The van der Waals surface area contributed by atoms with Crippen molar-refractivity contribution in [1.29, 1.82) is 0 Å². The number of carbonyl (C=O) groups is 1. The zero-order chi connectivity index (χ0) is 13.7. The topological polar surface area (TPSA) is 64.6 Å². The molecule has 1 saturated heterocycles. The van der Waals surface area contributed by atoms with Gasteiger partial charge in [-0.1, -0.05) is 10.9 Å². The number of amides is 1. The normalized spacial score (nSPS) is 17.7. The third-order valence-electron chi connectivity index (χ3n) is 2.84. The van der Waals surface area contributed by atoms with Gasteiger partial charge in [0.05, 0.1) is 13.1 Å². The number of nitrogens with zero attached hydrogens (tertiary/aromatic N) is 1. The standard InChI is InChI=1S/C13H17N3O2S/c1-2-13(17)15-11-3-5-12(6-4-11)19(18)16-9-7-14-8-10-16/h2-6,14,18H,1,7-10H2/p+1. The monoisotopic (exact) mass is 280 g/mol. The molecule has 1 heterocycles. The summed E-state index contributed by atoms with van der Waals surface area (Å²) in [4.78, 5) is 12.0. The zero-order valence-electron chi connectivity index (χ0n) is 10.6. The van der Waals surface area contributed by atoms with E-state index in [0.717, 1.165) is 31.1 Å². The molecule has 0 radical (unpaired) electrons. The molecule has 1 aromatic rings. The fourth-order valence-electron chi connectivity index (χ4n) is 1.82. The van der Waals surface area contributed by atoms with Crippen molar-refractivity contribution in [2.24, 2.45) is 0 Å². The van der Waals surface area contributed by atoms with E-state index in [1.807, 2.05) is 16.4 Å². The second-order valence-electron chi connectivity index (χ2n) is 4.16. The highest BCUT2D eigenvalue weighted by molar-refractivity contribution is 7.89. The minimum absolute atomic E-state index is 0.238. The van der Waals surface area contributed by atoms with Crippen molar-refractivity contribution < 1.29 is 9.35 Å². The Hall–Kier alpha value is -1.34. The smallest absolute Gasteiger partial charge is 0.278 e. The van der Waals surface area contributed by atoms with Crippen LogP contribution in [0.3, 0.4) is 0 Å². The van der Waals surface area contributed by atoms with E-state index in [0.29, 0.717) is 5.69 Å². The Morgan fingerprint density at radius 3 is 2.58 bits per heavy atom. The van der Waals surface area contributed by atoms with Gasteiger partial charge in [-0.3, -0.25) is 4.79 Å². The van der Waals surface area contributed by atoms with Crippen LogP contribution >= 0.6 is 0 Å². The zero-order valence-corrected chi connectivity index (χ0v) is 11.4. The van der Waals surface area contributed by atoms with E-state index in [1.54, 1.807) is 12.1 Å². The molecule has 0 bridgehead atoms. The third kappa shape index (κ3) is 3.81. The van der Waals surface area contributed by atoms with Gasteiger partial charge in [0.1, 0.15) is 0 Å². The minimum atomic E-state index is -0.882. The first-order valence-corrected chi connectivity index (χ1v) is 7.27. The molecular weight excluding hydrogens is 262 g/mol. The molecule has 6 heteroatoms. The Labute approximate surface area is 116 Å². The third-order valence-corrected chi connectivity index (χ3v) is 4.39. The fraction of sp³-hybridized carbons (Fsp3) is 0.308. The maximum Gasteiger partial charge on any atom is 0.278 e. The number of hydrogen-bond donors (Lipinski definition) is 3. The first-order valence-electron chi connectivity index (χ1n) is 6.13. The van der Waals surface area contributed by atoms with Crippen molar-refractivity contribution in [1.82, 2.24) is 9.62 Å². The first-order chi connectivity index (χ1) is 9.20. The van der Waals surface area contributed by atoms with Crippen LogP contribution in [0.25, 0.3) is 0 Å². The Bertz CT molecular complexity index is 444. The maximum atomic E-state index is 11.2. The Balaban J connectivity index is 2.00. The van der Waals surface area contributed by atoms with E-state index >= 15 is 0 Å². The largest absolute Gasteiger partial charge is 0.323 e. The van der Waals surface area contributed by atoms with Crippen LogP contribution < -0.4 is 10.6 Å². The van der Waals surface area contributed by atoms with Crippen molar-refractivity contribution in [3.8, 4) is 0 Å². The summed E-state index contributed by atoms with van der Waals surface area (Å²) in [6.45, 7) is 6.88. The summed E-state index contributed by atoms with van der Waals surface area (Å²) in [5.74, 6) is -0.238. The second kappa shape index (κ2) is 6.72. The Morgan fingerprint density at radius 1 is 1.37 bits per heavy atom. The lowest BCUT2D eigenvalue weighted by Gasteiger charge is -2.21. The SMILES string of the molecule is C=CC(=O)Nc1ccc([S+](O)N2CCNCC2)cc1. The second-order valence-corrected chi connectivity index (χ2v) is 5.68. The number of rotatable bonds is 4. The van der Waals surface area contributed by atoms with Gasteiger partial charge in [-0.15, -0.1) is 0 Å². The molecule has 5 nitrogen and oxygen atoms in total. The van der Waals surface area contributed by atoms with Gasteiger partial charge >= 0.3 is 0 Å². The molecule has 0 aliphatic carbocycles. The molecule has 19 heavy (non-hydrogen) atoms. The summed E-state index contributed by atoms with van der Waals surface area (Å²) < 4.78 is 12.3. The van der Waals surface area contributed by atoms with Crippen LogP contribution in [0.15, 0.2) is 41.8 Å². The Morgan fingerprint density at radius 2 is 2.00 bits per heavy atom. The van der Waals surface area contributed by atoms with Gasteiger partial charge in [0.15, 0.2) is 0 Å². The molecule has 102 valence electrons. The van der Waals surface area contributed by atoms with Crippen LogP contribution in [0.4, 0.5) is 5.69 Å². The number of anilines is 1. The molecule has 1 aliphatic heterocycles. The quantitative estimate of drug-likeness (QED) is 0.570. The van der Waals surface area contributed by atoms with Gasteiger partial charge < -0.3 is 10.6 Å². The highest BCUT2D eigenvalue weighted by Gasteiger charge is 2.31. The van der Waals surface area contributed by atoms with Gasteiger partial charge in [-0.25, -0.2) is 0 Å². The molecule has 0 spiro atoms. The fourth-order valence-corrected chi connectivity index (χ4v) is 3.03. The van der Waals surface area contributed by atoms with Crippen LogP contribution in [0, 0.1) is 0 Å². The predicted molar refractivity (Wildman–Crippen MR) is 78.0 cm³/mol. The molecule has 3 N–H and O–H groups in total. The molecule has 1 aromatic carbocycles. The predicted octanol–water partition coefficient (Wildman–Crippen LogP) is 1.08. The van der Waals surface area contributed by atoms with Gasteiger partial charge in [-0.05, 0) is 18.2 Å². The molecule has 1 unspecified atom stereocenters. The van der Waals surface area contributed by atoms with E-state index < -0.39 is 11.4 Å². The van der Waals surface area contributed by atoms with Gasteiger partial charge in [0.25, 0.3) is 11.4 Å². The number of hydrogen-bond acceptors (Lipinski definition) is 4. The van der Waals surface area contributed by atoms with Crippen molar-refractivity contribution in [2.75, 3.05) is 31.5 Å². The van der Waals surface area contributed by atoms with E-state index in [-0.39, 0.29) is 5.91 Å². The molecule has 0 saturated carbocycles. The Kier molecular flexibility index (Phi) is 4.98. The van der Waals surface area contributed by atoms with E-state index in [9.17, 15) is 9.35 Å². The maximum absolute atomic E-state index is 11.2. The molecule has 2 rings (SSSR count). The van der Waals surface area contributed by atoms with Crippen molar-refractivity contribution in [3.63, 3.8) is 0 Å². The average Bonchev–Trinajstić information content (AvgIpc) is 2.48. The van der Waals surface area contributed by atoms with Crippen LogP contribution in [0.2, 0.25) is 0 Å².